The van der Waals surface area contributed by atoms with Gasteiger partial charge in [-0.3, -0.25) is 14.4 Å². The first-order valence-corrected chi connectivity index (χ1v) is 35.3. The van der Waals surface area contributed by atoms with Gasteiger partial charge in [-0.2, -0.15) is 0 Å². The van der Waals surface area contributed by atoms with Crippen LogP contribution in [0.3, 0.4) is 0 Å². The lowest BCUT2D eigenvalue weighted by Gasteiger charge is -2.18. The Morgan fingerprint density at radius 3 is 0.705 bits per heavy atom. The fraction of sp³-hybridized carbons (Fsp3) is 0.903. The topological polar surface area (TPSA) is 78.9 Å². The third kappa shape index (κ3) is 64.7. The zero-order chi connectivity index (χ0) is 56.4. The van der Waals surface area contributed by atoms with Gasteiger partial charge in [-0.15, -0.1) is 0 Å². The van der Waals surface area contributed by atoms with E-state index in [0.29, 0.717) is 19.3 Å². The molecule has 1 unspecified atom stereocenters. The molecule has 78 heavy (non-hydrogen) atoms. The van der Waals surface area contributed by atoms with Crippen molar-refractivity contribution < 1.29 is 28.6 Å². The zero-order valence-corrected chi connectivity index (χ0v) is 53.0. The molecule has 0 rings (SSSR count). The van der Waals surface area contributed by atoms with Crippen molar-refractivity contribution in [2.45, 2.75) is 406 Å². The van der Waals surface area contributed by atoms with E-state index in [1.807, 2.05) is 0 Å². The van der Waals surface area contributed by atoms with Crippen LogP contribution in [0.1, 0.15) is 400 Å². The molecule has 0 aliphatic carbocycles. The first kappa shape index (κ1) is 75.9. The van der Waals surface area contributed by atoms with Crippen molar-refractivity contribution in [1.82, 2.24) is 0 Å². The monoisotopic (exact) mass is 1100 g/mol. The largest absolute Gasteiger partial charge is 0.462 e. The van der Waals surface area contributed by atoms with E-state index in [4.69, 9.17) is 14.2 Å². The van der Waals surface area contributed by atoms with Crippen molar-refractivity contribution >= 4 is 17.9 Å². The highest BCUT2D eigenvalue weighted by atomic mass is 16.6. The van der Waals surface area contributed by atoms with Crippen molar-refractivity contribution in [1.29, 1.82) is 0 Å². The number of hydrogen-bond donors (Lipinski definition) is 0. The molecule has 0 saturated carbocycles. The molecule has 0 aromatic rings. The lowest BCUT2D eigenvalue weighted by Crippen LogP contribution is -2.30. The highest BCUT2D eigenvalue weighted by Gasteiger charge is 2.19. The lowest BCUT2D eigenvalue weighted by molar-refractivity contribution is -0.167. The predicted molar refractivity (Wildman–Crippen MR) is 340 cm³/mol. The molecule has 0 N–H and O–H groups in total. The second-order valence-corrected chi connectivity index (χ2v) is 24.2. The number of carbonyl (C=O) groups is 3. The Balaban J connectivity index is 4.22. The Kier molecular flexibility index (Phi) is 65.6. The minimum Gasteiger partial charge on any atom is -0.462 e. The molecule has 0 amide bonds. The third-order valence-electron chi connectivity index (χ3n) is 16.2. The summed E-state index contributed by atoms with van der Waals surface area (Å²) >= 11 is 0. The Bertz CT molecular complexity index is 1260. The fourth-order valence-corrected chi connectivity index (χ4v) is 10.9. The van der Waals surface area contributed by atoms with Gasteiger partial charge in [-0.1, -0.05) is 353 Å². The van der Waals surface area contributed by atoms with E-state index in [2.05, 4.69) is 45.1 Å². The quantitative estimate of drug-likeness (QED) is 0.0261. The molecule has 0 fully saturated rings. The molecule has 0 aromatic carbocycles. The van der Waals surface area contributed by atoms with Gasteiger partial charge in [0.15, 0.2) is 6.10 Å². The van der Waals surface area contributed by atoms with Gasteiger partial charge in [0.25, 0.3) is 0 Å². The average molecular weight is 1100 g/mol. The Hall–Kier alpha value is -2.11. The van der Waals surface area contributed by atoms with Crippen LogP contribution in [0, 0.1) is 0 Å². The van der Waals surface area contributed by atoms with Gasteiger partial charge < -0.3 is 14.2 Å². The Morgan fingerprint density at radius 1 is 0.256 bits per heavy atom. The van der Waals surface area contributed by atoms with E-state index < -0.39 is 6.10 Å². The predicted octanol–water partition coefficient (Wildman–Crippen LogP) is 24.2. The number of rotatable bonds is 66. The summed E-state index contributed by atoms with van der Waals surface area (Å²) < 4.78 is 17.0. The van der Waals surface area contributed by atoms with Crippen LogP contribution in [0.15, 0.2) is 24.3 Å². The summed E-state index contributed by atoms with van der Waals surface area (Å²) in [7, 11) is 0. The van der Waals surface area contributed by atoms with E-state index in [1.54, 1.807) is 0 Å². The highest BCUT2D eigenvalue weighted by molar-refractivity contribution is 5.71. The van der Waals surface area contributed by atoms with Gasteiger partial charge in [-0.05, 0) is 51.4 Å². The first-order chi connectivity index (χ1) is 38.5. The van der Waals surface area contributed by atoms with Crippen LogP contribution in [-0.2, 0) is 28.6 Å². The standard InChI is InChI=1S/C72H136O6/c1-4-7-10-13-16-19-22-25-28-30-32-33-34-35-36-37-38-39-40-42-44-47-50-53-56-59-62-65-71(74)77-68-69(67-76-70(73)64-61-58-55-52-49-46-43-27-24-21-18-15-12-9-6-3)78-72(75)66-63-60-57-54-51-48-45-41-31-29-26-23-20-17-14-11-8-5-2/h22,25,30,32,69H,4-21,23-24,26-29,31,33-68H2,1-3H3/b25-22-,32-30-. The number of hydrogen-bond acceptors (Lipinski definition) is 6. The van der Waals surface area contributed by atoms with Crippen molar-refractivity contribution in [3.05, 3.63) is 24.3 Å². The average Bonchev–Trinajstić information content (AvgIpc) is 3.44. The number of unbranched alkanes of at least 4 members (excludes halogenated alkanes) is 51. The van der Waals surface area contributed by atoms with Gasteiger partial charge in [0.1, 0.15) is 13.2 Å². The minimum absolute atomic E-state index is 0.0635. The van der Waals surface area contributed by atoms with Crippen molar-refractivity contribution in [3.63, 3.8) is 0 Å². The number of ether oxygens (including phenoxy) is 3. The van der Waals surface area contributed by atoms with Crippen LogP contribution >= 0.6 is 0 Å². The zero-order valence-electron chi connectivity index (χ0n) is 53.0. The molecule has 0 bridgehead atoms. The van der Waals surface area contributed by atoms with Gasteiger partial charge in [0, 0.05) is 19.3 Å². The molecule has 6 heteroatoms. The van der Waals surface area contributed by atoms with Crippen LogP contribution in [0.25, 0.3) is 0 Å². The van der Waals surface area contributed by atoms with Crippen molar-refractivity contribution in [3.8, 4) is 0 Å². The molecule has 0 heterocycles. The molecule has 0 radical (unpaired) electrons. The van der Waals surface area contributed by atoms with Gasteiger partial charge in [0.05, 0.1) is 0 Å². The second-order valence-electron chi connectivity index (χ2n) is 24.2. The van der Waals surface area contributed by atoms with E-state index in [9.17, 15) is 14.4 Å². The van der Waals surface area contributed by atoms with E-state index >= 15 is 0 Å². The molecule has 6 nitrogen and oxygen atoms in total. The summed E-state index contributed by atoms with van der Waals surface area (Å²) in [4.78, 5) is 38.4. The molecule has 460 valence electrons. The van der Waals surface area contributed by atoms with Crippen LogP contribution < -0.4 is 0 Å². The van der Waals surface area contributed by atoms with Crippen molar-refractivity contribution in [2.24, 2.45) is 0 Å². The Morgan fingerprint density at radius 2 is 0.462 bits per heavy atom. The fourth-order valence-electron chi connectivity index (χ4n) is 10.9. The number of allylic oxidation sites excluding steroid dienone is 4. The molecular weight excluding hydrogens is 961 g/mol. The van der Waals surface area contributed by atoms with E-state index in [-0.39, 0.29) is 31.1 Å². The van der Waals surface area contributed by atoms with Crippen LogP contribution in [0.4, 0.5) is 0 Å². The number of carbonyl (C=O) groups excluding carboxylic acids is 3. The third-order valence-corrected chi connectivity index (χ3v) is 16.2. The first-order valence-electron chi connectivity index (χ1n) is 35.3. The minimum atomic E-state index is -0.767. The smallest absolute Gasteiger partial charge is 0.306 e. The molecule has 0 spiro atoms. The summed E-state index contributed by atoms with van der Waals surface area (Å²) in [5, 5.41) is 0. The SMILES string of the molecule is CCCCCCC/C=C\C/C=C\CCCCCCCCCCCCCCCCCC(=O)OCC(COC(=O)CCCCCCCCCCCCCCCCC)OC(=O)CCCCCCCCCCCCCCCCCCCC. The molecule has 0 saturated heterocycles. The lowest BCUT2D eigenvalue weighted by atomic mass is 10.0. The molecule has 0 aliphatic rings. The van der Waals surface area contributed by atoms with Gasteiger partial charge in [-0.25, -0.2) is 0 Å². The maximum Gasteiger partial charge on any atom is 0.306 e. The Labute approximate surface area is 487 Å². The van der Waals surface area contributed by atoms with E-state index in [0.717, 1.165) is 64.2 Å². The van der Waals surface area contributed by atoms with Crippen LogP contribution in [0.5, 0.6) is 0 Å². The summed E-state index contributed by atoms with van der Waals surface area (Å²) in [6, 6.07) is 0. The molecule has 0 aromatic heterocycles. The van der Waals surface area contributed by atoms with Crippen LogP contribution in [-0.4, -0.2) is 37.2 Å². The summed E-state index contributed by atoms with van der Waals surface area (Å²) in [5.74, 6) is -0.829. The van der Waals surface area contributed by atoms with Gasteiger partial charge in [0.2, 0.25) is 0 Å². The maximum atomic E-state index is 12.9. The van der Waals surface area contributed by atoms with Crippen LogP contribution in [0.2, 0.25) is 0 Å². The van der Waals surface area contributed by atoms with Crippen molar-refractivity contribution in [2.75, 3.05) is 13.2 Å². The second kappa shape index (κ2) is 67.4. The summed E-state index contributed by atoms with van der Waals surface area (Å²) in [5.41, 5.74) is 0. The summed E-state index contributed by atoms with van der Waals surface area (Å²) in [6.07, 6.45) is 82.0. The molecule has 0 aliphatic heterocycles. The normalized spacial score (nSPS) is 12.1. The summed E-state index contributed by atoms with van der Waals surface area (Å²) in [6.45, 7) is 6.72. The maximum absolute atomic E-state index is 12.9. The molecular formula is C72H136O6. The van der Waals surface area contributed by atoms with Gasteiger partial charge >= 0.3 is 17.9 Å². The molecule has 1 atom stereocenters. The number of esters is 3. The van der Waals surface area contributed by atoms with E-state index in [1.165, 1.54) is 295 Å². The highest BCUT2D eigenvalue weighted by Crippen LogP contribution is 2.19.